The van der Waals surface area contributed by atoms with Gasteiger partial charge in [0.25, 0.3) is 0 Å². The lowest BCUT2D eigenvalue weighted by Gasteiger charge is -2.02. The van der Waals surface area contributed by atoms with Crippen molar-refractivity contribution in [3.63, 3.8) is 0 Å². The van der Waals surface area contributed by atoms with E-state index in [2.05, 4.69) is 29.4 Å². The Balaban J connectivity index is 1.88. The minimum atomic E-state index is 0.706. The van der Waals surface area contributed by atoms with Crippen LogP contribution in [0.15, 0.2) is 77.3 Å². The third-order valence-electron chi connectivity index (χ3n) is 3.69. The molecule has 1 heterocycles. The first-order valence-corrected chi connectivity index (χ1v) is 7.40. The van der Waals surface area contributed by atoms with Crippen molar-refractivity contribution in [2.45, 2.75) is 0 Å². The van der Waals surface area contributed by atoms with Gasteiger partial charge in [-0.1, -0.05) is 53.2 Å². The quantitative estimate of drug-likeness (QED) is 0.466. The maximum Gasteiger partial charge on any atom is 0.174 e. The number of hydrogen-bond acceptors (Lipinski definition) is 2. The van der Waals surface area contributed by atoms with Crippen molar-refractivity contribution in [1.82, 2.24) is 5.16 Å². The molecule has 3 aromatic carbocycles. The molecule has 0 fully saturated rings. The highest BCUT2D eigenvalue weighted by Crippen LogP contribution is 2.32. The molecule has 0 unspecified atom stereocenters. The molecule has 0 aliphatic heterocycles. The average Bonchev–Trinajstić information content (AvgIpc) is 2.99. The largest absolute Gasteiger partial charge is 0.355 e. The Morgan fingerprint density at radius 3 is 2.23 bits per heavy atom. The maximum atomic E-state index is 5.95. The van der Waals surface area contributed by atoms with Crippen molar-refractivity contribution in [2.75, 3.05) is 0 Å². The number of aromatic nitrogens is 1. The fraction of sp³-hybridized carbons (Fsp3) is 0. The molecular weight excluding hydrogens is 294 g/mol. The van der Waals surface area contributed by atoms with E-state index in [1.807, 2.05) is 48.5 Å². The fourth-order valence-corrected chi connectivity index (χ4v) is 2.69. The Labute approximate surface area is 132 Å². The summed E-state index contributed by atoms with van der Waals surface area (Å²) in [6.07, 6.45) is 0. The summed E-state index contributed by atoms with van der Waals surface area (Å²) in [5.41, 5.74) is 4.14. The average molecular weight is 306 g/mol. The molecule has 2 nitrogen and oxygen atoms in total. The number of hydrogen-bond donors (Lipinski definition) is 0. The summed E-state index contributed by atoms with van der Waals surface area (Å²) in [6, 6.07) is 24.0. The fourth-order valence-electron chi connectivity index (χ4n) is 2.56. The van der Waals surface area contributed by atoms with Gasteiger partial charge in [-0.3, -0.25) is 0 Å². The normalized spacial score (nSPS) is 11.0. The molecule has 1 aromatic heterocycles. The predicted octanol–water partition coefficient (Wildman–Crippen LogP) is 5.82. The summed E-state index contributed by atoms with van der Waals surface area (Å²) in [4.78, 5) is 0. The Morgan fingerprint density at radius 1 is 0.727 bits per heavy atom. The zero-order valence-electron chi connectivity index (χ0n) is 11.7. The minimum Gasteiger partial charge on any atom is -0.355 e. The van der Waals surface area contributed by atoms with Crippen molar-refractivity contribution < 1.29 is 4.52 Å². The molecule has 0 saturated carbocycles. The number of benzene rings is 3. The van der Waals surface area contributed by atoms with Crippen LogP contribution in [0.1, 0.15) is 0 Å². The van der Waals surface area contributed by atoms with Crippen LogP contribution in [0.25, 0.3) is 33.4 Å². The first-order chi connectivity index (χ1) is 10.8. The molecular formula is C19H12ClNO. The van der Waals surface area contributed by atoms with E-state index >= 15 is 0 Å². The van der Waals surface area contributed by atoms with Crippen molar-refractivity contribution in [3.05, 3.63) is 77.8 Å². The van der Waals surface area contributed by atoms with Gasteiger partial charge in [0, 0.05) is 10.6 Å². The van der Waals surface area contributed by atoms with Crippen LogP contribution >= 0.6 is 11.6 Å². The Bertz CT molecular complexity index is 927. The molecule has 0 saturated heterocycles. The van der Waals surface area contributed by atoms with E-state index in [-0.39, 0.29) is 0 Å². The lowest BCUT2D eigenvalue weighted by molar-refractivity contribution is 0.441. The van der Waals surface area contributed by atoms with Gasteiger partial charge >= 0.3 is 0 Å². The van der Waals surface area contributed by atoms with Gasteiger partial charge in [-0.05, 0) is 47.5 Å². The van der Waals surface area contributed by atoms with Crippen LogP contribution in [0.3, 0.4) is 0 Å². The Kier molecular flexibility index (Phi) is 3.17. The van der Waals surface area contributed by atoms with E-state index in [1.54, 1.807) is 0 Å². The first kappa shape index (κ1) is 13.1. The van der Waals surface area contributed by atoms with E-state index in [4.69, 9.17) is 16.1 Å². The van der Waals surface area contributed by atoms with E-state index in [0.29, 0.717) is 5.02 Å². The molecule has 0 spiro atoms. The number of halogens is 1. The van der Waals surface area contributed by atoms with Gasteiger partial charge in [-0.25, -0.2) is 0 Å². The summed E-state index contributed by atoms with van der Waals surface area (Å²) < 4.78 is 5.54. The highest BCUT2D eigenvalue weighted by molar-refractivity contribution is 6.30. The molecule has 0 bridgehead atoms. The van der Waals surface area contributed by atoms with Crippen molar-refractivity contribution in [1.29, 1.82) is 0 Å². The molecule has 4 aromatic rings. The van der Waals surface area contributed by atoms with Crippen molar-refractivity contribution in [3.8, 4) is 22.5 Å². The zero-order chi connectivity index (χ0) is 14.9. The molecule has 0 atom stereocenters. The monoisotopic (exact) mass is 305 g/mol. The van der Waals surface area contributed by atoms with Crippen LogP contribution in [0.4, 0.5) is 0 Å². The van der Waals surface area contributed by atoms with Gasteiger partial charge in [0.1, 0.15) is 5.52 Å². The number of rotatable bonds is 2. The van der Waals surface area contributed by atoms with Crippen LogP contribution in [0.2, 0.25) is 5.02 Å². The predicted molar refractivity (Wildman–Crippen MR) is 89.9 cm³/mol. The third-order valence-corrected chi connectivity index (χ3v) is 3.94. The van der Waals surface area contributed by atoms with Gasteiger partial charge < -0.3 is 4.52 Å². The second-order valence-corrected chi connectivity index (χ2v) is 5.55. The summed E-state index contributed by atoms with van der Waals surface area (Å²) in [6.45, 7) is 0. The number of fused-ring (bicyclic) bond motifs is 1. The molecule has 106 valence electrons. The van der Waals surface area contributed by atoms with Crippen LogP contribution in [0.5, 0.6) is 0 Å². The molecule has 0 radical (unpaired) electrons. The summed E-state index contributed by atoms with van der Waals surface area (Å²) in [5.74, 6) is 0.768. The molecule has 4 rings (SSSR count). The van der Waals surface area contributed by atoms with Crippen LogP contribution in [-0.2, 0) is 0 Å². The van der Waals surface area contributed by atoms with E-state index in [1.165, 1.54) is 5.56 Å². The summed E-state index contributed by atoms with van der Waals surface area (Å²) in [5, 5.41) is 5.85. The lowest BCUT2D eigenvalue weighted by atomic mass is 10.0. The molecule has 3 heteroatoms. The van der Waals surface area contributed by atoms with Crippen LogP contribution < -0.4 is 0 Å². The van der Waals surface area contributed by atoms with Crippen molar-refractivity contribution in [2.24, 2.45) is 0 Å². The zero-order valence-corrected chi connectivity index (χ0v) is 12.4. The van der Waals surface area contributed by atoms with Crippen LogP contribution in [0, 0.1) is 0 Å². The second-order valence-electron chi connectivity index (χ2n) is 5.12. The van der Waals surface area contributed by atoms with E-state index in [0.717, 1.165) is 27.8 Å². The van der Waals surface area contributed by atoms with E-state index < -0.39 is 0 Å². The SMILES string of the molecule is Clc1ccc(-c2onc3ccc(-c4ccccc4)cc23)cc1. The van der Waals surface area contributed by atoms with Crippen molar-refractivity contribution >= 4 is 22.5 Å². The van der Waals surface area contributed by atoms with Gasteiger partial charge in [-0.15, -0.1) is 0 Å². The summed E-state index contributed by atoms with van der Waals surface area (Å²) >= 11 is 5.95. The standard InChI is InChI=1S/C19H12ClNO/c20-16-9-6-14(7-10-16)19-17-12-15(8-11-18(17)21-22-19)13-4-2-1-3-5-13/h1-12H. The number of nitrogens with zero attached hydrogens (tertiary/aromatic N) is 1. The molecule has 0 N–H and O–H groups in total. The van der Waals surface area contributed by atoms with Gasteiger partial charge in [0.15, 0.2) is 5.76 Å². The maximum absolute atomic E-state index is 5.95. The smallest absolute Gasteiger partial charge is 0.174 e. The first-order valence-electron chi connectivity index (χ1n) is 7.02. The van der Waals surface area contributed by atoms with Gasteiger partial charge in [-0.2, -0.15) is 0 Å². The highest BCUT2D eigenvalue weighted by atomic mass is 35.5. The Morgan fingerprint density at radius 2 is 1.45 bits per heavy atom. The summed E-state index contributed by atoms with van der Waals surface area (Å²) in [7, 11) is 0. The van der Waals surface area contributed by atoms with Gasteiger partial charge in [0.2, 0.25) is 0 Å². The molecule has 0 aliphatic carbocycles. The Hall–Kier alpha value is -2.58. The third kappa shape index (κ3) is 2.28. The minimum absolute atomic E-state index is 0.706. The highest BCUT2D eigenvalue weighted by Gasteiger charge is 2.11. The molecule has 0 amide bonds. The van der Waals surface area contributed by atoms with Gasteiger partial charge in [0.05, 0.1) is 5.39 Å². The van der Waals surface area contributed by atoms with Crippen LogP contribution in [-0.4, -0.2) is 5.16 Å². The topological polar surface area (TPSA) is 26.0 Å². The lowest BCUT2D eigenvalue weighted by Crippen LogP contribution is -1.79. The van der Waals surface area contributed by atoms with E-state index in [9.17, 15) is 0 Å². The second kappa shape index (κ2) is 5.32. The molecule has 0 aliphatic rings. The molecule has 22 heavy (non-hydrogen) atoms.